The molecule has 0 atom stereocenters. The van der Waals surface area contributed by atoms with E-state index in [-0.39, 0.29) is 6.61 Å². The van der Waals surface area contributed by atoms with Crippen LogP contribution in [0.2, 0.25) is 0 Å². The topological polar surface area (TPSA) is 119 Å². The quantitative estimate of drug-likeness (QED) is 0.542. The molecule has 0 aliphatic carbocycles. The Morgan fingerprint density at radius 2 is 2.22 bits per heavy atom. The summed E-state index contributed by atoms with van der Waals surface area (Å²) in [6.07, 6.45) is 1.35. The number of rotatable bonds is 4. The molecule has 2 heterocycles. The summed E-state index contributed by atoms with van der Waals surface area (Å²) in [7, 11) is -3.49. The fourth-order valence-electron chi connectivity index (χ4n) is 1.46. The van der Waals surface area contributed by atoms with Crippen molar-refractivity contribution >= 4 is 40.9 Å². The summed E-state index contributed by atoms with van der Waals surface area (Å²) in [5.41, 5.74) is 6.75. The number of aromatic nitrogens is 4. The molecule has 2 rings (SSSR count). The zero-order chi connectivity index (χ0) is 13.3. The van der Waals surface area contributed by atoms with Crippen LogP contribution in [0, 0.1) is 0 Å². The van der Waals surface area contributed by atoms with Gasteiger partial charge in [0.25, 0.3) is 0 Å². The summed E-state index contributed by atoms with van der Waals surface area (Å²) in [5, 5.41) is 0. The third kappa shape index (κ3) is 2.93. The molecule has 0 saturated carbocycles. The van der Waals surface area contributed by atoms with E-state index in [4.69, 9.17) is 20.0 Å². The average Bonchev–Trinajstić information content (AvgIpc) is 2.56. The Morgan fingerprint density at radius 1 is 1.50 bits per heavy atom. The Balaban J connectivity index is 2.23. The van der Waals surface area contributed by atoms with Crippen LogP contribution in [-0.2, 0) is 11.1 Å². The monoisotopic (exact) mass is 337 g/mol. The standard InChI is InChI=1S/C8H13BrN5O3P/c1-18(15,16)17-3-2-14-7-5(13-8(14)9)6(10)11-4-12-7/h4,15-16,18H,2-3H2,1H3,(H2,10,11,12). The normalized spacial score (nSPS) is 13.1. The van der Waals surface area contributed by atoms with Crippen LogP contribution >= 0.6 is 23.9 Å². The number of fused-ring (bicyclic) bond motifs is 1. The fraction of sp³-hybridized carbons (Fsp3) is 0.375. The predicted octanol–water partition coefficient (Wildman–Crippen LogP) is 0.297. The Bertz CT molecular complexity index is 570. The Hall–Kier alpha value is -0.860. The van der Waals surface area contributed by atoms with Crippen molar-refractivity contribution in [2.75, 3.05) is 19.0 Å². The maximum atomic E-state index is 9.16. The van der Waals surface area contributed by atoms with Gasteiger partial charge in [0.15, 0.2) is 0 Å². The second-order valence-electron chi connectivity index (χ2n) is 3.75. The van der Waals surface area contributed by atoms with Gasteiger partial charge in [-0.3, -0.25) is 0 Å². The number of anilines is 1. The Kier molecular flexibility index (Phi) is 3.79. The van der Waals surface area contributed by atoms with Crippen molar-refractivity contribution in [3.8, 4) is 0 Å². The summed E-state index contributed by atoms with van der Waals surface area (Å²) in [6, 6.07) is 0. The molecule has 100 valence electrons. The molecule has 0 fully saturated rings. The van der Waals surface area contributed by atoms with E-state index in [1.807, 2.05) is 0 Å². The van der Waals surface area contributed by atoms with Crippen molar-refractivity contribution in [2.45, 2.75) is 6.54 Å². The molecule has 0 amide bonds. The molecule has 0 aliphatic rings. The van der Waals surface area contributed by atoms with Gasteiger partial charge in [0.1, 0.15) is 0 Å². The van der Waals surface area contributed by atoms with Crippen molar-refractivity contribution in [1.29, 1.82) is 0 Å². The molecule has 2 aromatic heterocycles. The molecule has 0 saturated heterocycles. The van der Waals surface area contributed by atoms with Crippen LogP contribution in [-0.4, -0.2) is 42.6 Å². The van der Waals surface area contributed by atoms with Gasteiger partial charge in [0, 0.05) is 0 Å². The summed E-state index contributed by atoms with van der Waals surface area (Å²) in [4.78, 5) is 30.4. The van der Waals surface area contributed by atoms with Crippen molar-refractivity contribution in [3.63, 3.8) is 0 Å². The molecule has 0 radical (unpaired) electrons. The number of nitrogens with zero attached hydrogens (tertiary/aromatic N) is 4. The molecule has 0 bridgehead atoms. The first-order valence-electron chi connectivity index (χ1n) is 5.09. The predicted molar refractivity (Wildman–Crippen MR) is 72.1 cm³/mol. The Morgan fingerprint density at radius 3 is 2.89 bits per heavy atom. The van der Waals surface area contributed by atoms with Crippen molar-refractivity contribution in [2.24, 2.45) is 0 Å². The summed E-state index contributed by atoms with van der Waals surface area (Å²) in [6.45, 7) is 1.79. The van der Waals surface area contributed by atoms with Gasteiger partial charge in [-0.1, -0.05) is 0 Å². The minimum atomic E-state index is -3.49. The number of nitrogen functional groups attached to an aromatic ring is 1. The van der Waals surface area contributed by atoms with Gasteiger partial charge in [-0.05, 0) is 0 Å². The van der Waals surface area contributed by atoms with E-state index >= 15 is 0 Å². The SMILES string of the molecule is C[PH](O)(O)OCCn1c(Br)nc2c(N)ncnc21. The summed E-state index contributed by atoms with van der Waals surface area (Å²) in [5.74, 6) is 0.295. The third-order valence-electron chi connectivity index (χ3n) is 2.20. The van der Waals surface area contributed by atoms with Crippen molar-refractivity contribution in [3.05, 3.63) is 11.1 Å². The van der Waals surface area contributed by atoms with Crippen LogP contribution in [0.4, 0.5) is 5.82 Å². The molecule has 0 aliphatic heterocycles. The van der Waals surface area contributed by atoms with E-state index in [1.54, 1.807) is 4.57 Å². The van der Waals surface area contributed by atoms with Crippen LogP contribution in [0.15, 0.2) is 11.1 Å². The molecule has 0 spiro atoms. The van der Waals surface area contributed by atoms with Crippen molar-refractivity contribution < 1.29 is 14.3 Å². The van der Waals surface area contributed by atoms with E-state index in [2.05, 4.69) is 30.9 Å². The first kappa shape index (κ1) is 13.6. The number of nitrogens with two attached hydrogens (primary N) is 1. The van der Waals surface area contributed by atoms with Crippen LogP contribution in [0.3, 0.4) is 0 Å². The van der Waals surface area contributed by atoms with Crippen LogP contribution < -0.4 is 5.73 Å². The van der Waals surface area contributed by atoms with Gasteiger partial charge in [0.05, 0.1) is 0 Å². The molecule has 2 aromatic rings. The van der Waals surface area contributed by atoms with Gasteiger partial charge in [-0.2, -0.15) is 0 Å². The van der Waals surface area contributed by atoms with Crippen LogP contribution in [0.5, 0.6) is 0 Å². The molecule has 4 N–H and O–H groups in total. The zero-order valence-electron chi connectivity index (χ0n) is 9.54. The van der Waals surface area contributed by atoms with Gasteiger partial charge in [-0.25, -0.2) is 0 Å². The molecule has 8 nitrogen and oxygen atoms in total. The van der Waals surface area contributed by atoms with Gasteiger partial charge in [0.2, 0.25) is 0 Å². The number of hydrogen-bond acceptors (Lipinski definition) is 7. The molecular weight excluding hydrogens is 325 g/mol. The number of halogens is 1. The van der Waals surface area contributed by atoms with E-state index in [0.717, 1.165) is 0 Å². The maximum absolute atomic E-state index is 9.16. The Labute approximate surface area is 112 Å². The van der Waals surface area contributed by atoms with Crippen LogP contribution in [0.1, 0.15) is 0 Å². The van der Waals surface area contributed by atoms with E-state index in [1.165, 1.54) is 13.0 Å². The number of imidazole rings is 1. The molecule has 10 heteroatoms. The van der Waals surface area contributed by atoms with Crippen LogP contribution in [0.25, 0.3) is 11.2 Å². The van der Waals surface area contributed by atoms with E-state index in [0.29, 0.717) is 28.3 Å². The number of hydrogen-bond donors (Lipinski definition) is 3. The first-order valence-corrected chi connectivity index (χ1v) is 8.19. The van der Waals surface area contributed by atoms with E-state index < -0.39 is 7.94 Å². The molecule has 18 heavy (non-hydrogen) atoms. The first-order chi connectivity index (χ1) is 8.38. The van der Waals surface area contributed by atoms with Gasteiger partial charge < -0.3 is 0 Å². The fourth-order valence-corrected chi connectivity index (χ4v) is 2.46. The average molecular weight is 338 g/mol. The van der Waals surface area contributed by atoms with E-state index in [9.17, 15) is 0 Å². The second kappa shape index (κ2) is 5.02. The van der Waals surface area contributed by atoms with Crippen molar-refractivity contribution in [1.82, 2.24) is 19.5 Å². The van der Waals surface area contributed by atoms with Gasteiger partial charge >= 0.3 is 111 Å². The summed E-state index contributed by atoms with van der Waals surface area (Å²) >= 11 is 3.28. The zero-order valence-corrected chi connectivity index (χ0v) is 12.1. The third-order valence-corrected chi connectivity index (χ3v) is 3.56. The second-order valence-corrected chi connectivity index (χ2v) is 6.61. The molecule has 0 aromatic carbocycles. The molecular formula is C8H13BrN5O3P. The minimum absolute atomic E-state index is 0.143. The summed E-state index contributed by atoms with van der Waals surface area (Å²) < 4.78 is 7.19. The van der Waals surface area contributed by atoms with Gasteiger partial charge in [-0.15, -0.1) is 0 Å². The molecule has 0 unspecified atom stereocenters.